The van der Waals surface area contributed by atoms with E-state index in [2.05, 4.69) is 30.5 Å². The van der Waals surface area contributed by atoms with Crippen molar-refractivity contribution >= 4 is 29.0 Å². The maximum atomic E-state index is 5.69. The zero-order valence-electron chi connectivity index (χ0n) is 10.3. The number of nitrogens with two attached hydrogens (primary N) is 1. The summed E-state index contributed by atoms with van der Waals surface area (Å²) in [5.74, 6) is 1.26. The minimum Gasteiger partial charge on any atom is -0.393 e. The molecule has 0 aromatic heterocycles. The maximum absolute atomic E-state index is 5.69. The van der Waals surface area contributed by atoms with Crippen LogP contribution < -0.4 is 5.73 Å². The van der Waals surface area contributed by atoms with Crippen LogP contribution >= 0.6 is 24.0 Å². The average Bonchev–Trinajstić information content (AvgIpc) is 2.81. The molecule has 1 saturated carbocycles. The van der Waals surface area contributed by atoms with E-state index in [1.807, 2.05) is 0 Å². The predicted molar refractivity (Wildman–Crippen MR) is 76.0 cm³/mol. The van der Waals surface area contributed by atoms with Crippen LogP contribution in [0.25, 0.3) is 0 Å². The number of hydrogen-bond donors (Lipinski definition) is 1. The van der Waals surface area contributed by atoms with Gasteiger partial charge in [-0.15, -0.1) is 0 Å². The van der Waals surface area contributed by atoms with Crippen molar-refractivity contribution < 1.29 is 0 Å². The van der Waals surface area contributed by atoms with Crippen LogP contribution in [0.3, 0.4) is 0 Å². The maximum Gasteiger partial charge on any atom is 0.0733 e. The number of nitrogens with zero attached hydrogens (tertiary/aromatic N) is 1. The summed E-state index contributed by atoms with van der Waals surface area (Å²) in [4.78, 5) is 3.31. The molecule has 2 rings (SSSR count). The van der Waals surface area contributed by atoms with Gasteiger partial charge in [-0.25, -0.2) is 0 Å². The van der Waals surface area contributed by atoms with E-state index in [1.54, 1.807) is 0 Å². The van der Waals surface area contributed by atoms with Crippen LogP contribution in [0.4, 0.5) is 0 Å². The van der Waals surface area contributed by atoms with Gasteiger partial charge < -0.3 is 10.6 Å². The van der Waals surface area contributed by atoms with Crippen molar-refractivity contribution in [1.29, 1.82) is 0 Å². The Balaban J connectivity index is 1.87. The standard InChI is InChI=1S/C12H22N2S2/c1-11(2)8-14(5-6-16-11)9-12(3-4-12)7-10(13)15/h3-9H2,1-2H3,(H2,13,15). The molecular formula is C12H22N2S2. The van der Waals surface area contributed by atoms with Crippen molar-refractivity contribution in [3.63, 3.8) is 0 Å². The molecule has 0 spiro atoms. The molecule has 1 saturated heterocycles. The van der Waals surface area contributed by atoms with Gasteiger partial charge in [-0.2, -0.15) is 11.8 Å². The number of thiocarbonyl (C=S) groups is 1. The van der Waals surface area contributed by atoms with Crippen molar-refractivity contribution in [3.8, 4) is 0 Å². The fourth-order valence-electron chi connectivity index (χ4n) is 2.66. The summed E-state index contributed by atoms with van der Waals surface area (Å²) in [6.45, 7) is 8.33. The zero-order valence-corrected chi connectivity index (χ0v) is 11.9. The second-order valence-electron chi connectivity index (χ2n) is 5.96. The average molecular weight is 258 g/mol. The first-order chi connectivity index (χ1) is 7.41. The lowest BCUT2D eigenvalue weighted by atomic mass is 10.0. The topological polar surface area (TPSA) is 29.3 Å². The molecule has 0 atom stereocenters. The smallest absolute Gasteiger partial charge is 0.0733 e. The Hall–Kier alpha value is 0.200. The normalized spacial score (nSPS) is 27.6. The van der Waals surface area contributed by atoms with Crippen LogP contribution in [0.2, 0.25) is 0 Å². The van der Waals surface area contributed by atoms with E-state index in [0.717, 1.165) is 6.42 Å². The number of hydrogen-bond acceptors (Lipinski definition) is 3. The van der Waals surface area contributed by atoms with E-state index in [-0.39, 0.29) is 0 Å². The van der Waals surface area contributed by atoms with Crippen molar-refractivity contribution in [2.45, 2.75) is 37.9 Å². The van der Waals surface area contributed by atoms with E-state index in [1.165, 1.54) is 38.2 Å². The molecule has 0 aromatic carbocycles. The third-order valence-corrected chi connectivity index (χ3v) is 5.01. The molecule has 2 N–H and O–H groups in total. The third kappa shape index (κ3) is 3.34. The van der Waals surface area contributed by atoms with Crippen LogP contribution in [0.1, 0.15) is 33.1 Å². The SMILES string of the molecule is CC1(C)CN(CC2(CC(N)=S)CC2)CCS1. The fraction of sp³-hybridized carbons (Fsp3) is 0.917. The fourth-order valence-corrected chi connectivity index (χ4v) is 4.14. The molecule has 2 fully saturated rings. The van der Waals surface area contributed by atoms with E-state index in [4.69, 9.17) is 18.0 Å². The first kappa shape index (κ1) is 12.7. The van der Waals surface area contributed by atoms with Gasteiger partial charge in [0.15, 0.2) is 0 Å². The Morgan fingerprint density at radius 3 is 2.62 bits per heavy atom. The molecular weight excluding hydrogens is 236 g/mol. The molecule has 1 heterocycles. The molecule has 92 valence electrons. The highest BCUT2D eigenvalue weighted by Crippen LogP contribution is 2.50. The molecule has 0 unspecified atom stereocenters. The molecule has 2 aliphatic rings. The Bertz CT molecular complexity index is 285. The van der Waals surface area contributed by atoms with Gasteiger partial charge in [0, 0.05) is 36.6 Å². The quantitative estimate of drug-likeness (QED) is 0.783. The second-order valence-corrected chi connectivity index (χ2v) is 8.29. The molecule has 4 heteroatoms. The Labute approximate surface area is 108 Å². The summed E-state index contributed by atoms with van der Waals surface area (Å²) in [6.07, 6.45) is 3.58. The zero-order chi connectivity index (χ0) is 11.8. The van der Waals surface area contributed by atoms with E-state index in [9.17, 15) is 0 Å². The van der Waals surface area contributed by atoms with Crippen molar-refractivity contribution in [1.82, 2.24) is 4.90 Å². The molecule has 16 heavy (non-hydrogen) atoms. The van der Waals surface area contributed by atoms with E-state index < -0.39 is 0 Å². The van der Waals surface area contributed by atoms with Crippen LogP contribution in [0.15, 0.2) is 0 Å². The first-order valence-electron chi connectivity index (χ1n) is 6.06. The minimum absolute atomic E-state index is 0.414. The highest BCUT2D eigenvalue weighted by molar-refractivity contribution is 8.00. The Kier molecular flexibility index (Phi) is 3.53. The van der Waals surface area contributed by atoms with Crippen LogP contribution in [-0.2, 0) is 0 Å². The first-order valence-corrected chi connectivity index (χ1v) is 7.45. The van der Waals surface area contributed by atoms with Gasteiger partial charge in [0.1, 0.15) is 0 Å². The van der Waals surface area contributed by atoms with Gasteiger partial charge in [-0.05, 0) is 32.1 Å². The lowest BCUT2D eigenvalue weighted by molar-refractivity contribution is 0.213. The lowest BCUT2D eigenvalue weighted by Crippen LogP contribution is -2.45. The van der Waals surface area contributed by atoms with Gasteiger partial charge in [0.25, 0.3) is 0 Å². The van der Waals surface area contributed by atoms with Crippen molar-refractivity contribution in [3.05, 3.63) is 0 Å². The lowest BCUT2D eigenvalue weighted by Gasteiger charge is -2.39. The summed E-state index contributed by atoms with van der Waals surface area (Å²) in [5.41, 5.74) is 6.13. The second kappa shape index (κ2) is 4.46. The molecule has 2 nitrogen and oxygen atoms in total. The third-order valence-electron chi connectivity index (χ3n) is 3.57. The largest absolute Gasteiger partial charge is 0.393 e. The summed E-state index contributed by atoms with van der Waals surface area (Å²) >= 11 is 7.14. The molecule has 0 radical (unpaired) electrons. The number of thioether (sulfide) groups is 1. The van der Waals surface area contributed by atoms with Crippen LogP contribution in [-0.4, -0.2) is 40.0 Å². The molecule has 1 aliphatic heterocycles. The van der Waals surface area contributed by atoms with Gasteiger partial charge in [0.05, 0.1) is 4.99 Å². The minimum atomic E-state index is 0.414. The van der Waals surface area contributed by atoms with E-state index >= 15 is 0 Å². The van der Waals surface area contributed by atoms with E-state index in [0.29, 0.717) is 15.2 Å². The Morgan fingerprint density at radius 2 is 2.12 bits per heavy atom. The molecule has 1 aliphatic carbocycles. The summed E-state index contributed by atoms with van der Waals surface area (Å²) < 4.78 is 0.414. The van der Waals surface area contributed by atoms with Crippen molar-refractivity contribution in [2.75, 3.05) is 25.4 Å². The van der Waals surface area contributed by atoms with Gasteiger partial charge in [0.2, 0.25) is 0 Å². The molecule has 0 amide bonds. The summed E-state index contributed by atoms with van der Waals surface area (Å²) in [7, 11) is 0. The highest BCUT2D eigenvalue weighted by Gasteiger charge is 2.45. The molecule has 0 bridgehead atoms. The summed E-state index contributed by atoms with van der Waals surface area (Å²) in [5, 5.41) is 0. The van der Waals surface area contributed by atoms with Gasteiger partial charge in [-0.3, -0.25) is 0 Å². The number of rotatable bonds is 4. The van der Waals surface area contributed by atoms with Crippen LogP contribution in [0, 0.1) is 5.41 Å². The molecule has 0 aromatic rings. The van der Waals surface area contributed by atoms with Crippen LogP contribution in [0.5, 0.6) is 0 Å². The predicted octanol–water partition coefficient (Wildman–Crippen LogP) is 2.27. The van der Waals surface area contributed by atoms with Gasteiger partial charge >= 0.3 is 0 Å². The monoisotopic (exact) mass is 258 g/mol. The van der Waals surface area contributed by atoms with Gasteiger partial charge in [-0.1, -0.05) is 12.2 Å². The Morgan fingerprint density at radius 1 is 1.44 bits per heavy atom. The van der Waals surface area contributed by atoms with Crippen molar-refractivity contribution in [2.24, 2.45) is 11.1 Å². The summed E-state index contributed by atoms with van der Waals surface area (Å²) in [6, 6.07) is 0. The highest BCUT2D eigenvalue weighted by atomic mass is 32.2.